The largest absolute Gasteiger partial charge is 0.365 e. The smallest absolute Gasteiger partial charge is 0.263 e. The van der Waals surface area contributed by atoms with Crippen LogP contribution in [0.5, 0.6) is 0 Å². The Labute approximate surface area is 180 Å². The standard InChI is InChI=1S/C23H28N6O2/c1-13-17-12-25-23(27-19-8-7-15-11-24-10-9-18(15)26-19)28-21(17)29(16-5-3-4-6-16)22(31)20(13)14(2)30/h7-8,12,16,19,24,26H,3-6,9-11H2,1-2H3,(H,25,27,28). The fourth-order valence-electron chi connectivity index (χ4n) is 5.02. The molecule has 31 heavy (non-hydrogen) atoms. The molecule has 3 N–H and O–H groups in total. The van der Waals surface area contributed by atoms with E-state index in [1.54, 1.807) is 10.8 Å². The highest BCUT2D eigenvalue weighted by Crippen LogP contribution is 2.32. The predicted molar refractivity (Wildman–Crippen MR) is 120 cm³/mol. The molecule has 1 unspecified atom stereocenters. The summed E-state index contributed by atoms with van der Waals surface area (Å²) in [5, 5.41) is 11.0. The van der Waals surface area contributed by atoms with Crippen LogP contribution in [0.1, 0.15) is 61.0 Å². The van der Waals surface area contributed by atoms with Gasteiger partial charge in [-0.15, -0.1) is 0 Å². The number of ketones is 1. The number of aryl methyl sites for hydroxylation is 1. The molecule has 1 aliphatic carbocycles. The summed E-state index contributed by atoms with van der Waals surface area (Å²) in [5.41, 5.74) is 3.82. The van der Waals surface area contributed by atoms with Crippen LogP contribution in [-0.2, 0) is 0 Å². The second kappa shape index (κ2) is 7.92. The van der Waals surface area contributed by atoms with E-state index in [9.17, 15) is 9.59 Å². The molecule has 2 aliphatic heterocycles. The number of nitrogens with one attached hydrogen (secondary N) is 3. The van der Waals surface area contributed by atoms with Crippen LogP contribution in [0.3, 0.4) is 0 Å². The Bertz CT molecular complexity index is 1170. The van der Waals surface area contributed by atoms with Gasteiger partial charge in [0.1, 0.15) is 11.8 Å². The molecule has 4 heterocycles. The predicted octanol–water partition coefficient (Wildman–Crippen LogP) is 2.56. The van der Waals surface area contributed by atoms with Crippen molar-refractivity contribution >= 4 is 22.8 Å². The zero-order chi connectivity index (χ0) is 21.5. The van der Waals surface area contributed by atoms with Crippen LogP contribution in [0.15, 0.2) is 34.4 Å². The fourth-order valence-corrected chi connectivity index (χ4v) is 5.02. The maximum atomic E-state index is 13.3. The fraction of sp³-hybridized carbons (Fsp3) is 0.478. The summed E-state index contributed by atoms with van der Waals surface area (Å²) in [4.78, 5) is 34.8. The summed E-state index contributed by atoms with van der Waals surface area (Å²) in [6.07, 6.45) is 10.8. The van der Waals surface area contributed by atoms with Crippen LogP contribution in [0, 0.1) is 6.92 Å². The number of aromatic nitrogens is 3. The average Bonchev–Trinajstić information content (AvgIpc) is 3.28. The van der Waals surface area contributed by atoms with Gasteiger partial charge in [0.2, 0.25) is 5.95 Å². The molecule has 1 saturated carbocycles. The zero-order valence-electron chi connectivity index (χ0n) is 18.0. The molecule has 8 heteroatoms. The third-order valence-electron chi connectivity index (χ3n) is 6.61. The Morgan fingerprint density at radius 2 is 2.10 bits per heavy atom. The van der Waals surface area contributed by atoms with Crippen LogP contribution in [0.25, 0.3) is 11.0 Å². The summed E-state index contributed by atoms with van der Waals surface area (Å²) in [7, 11) is 0. The zero-order valence-corrected chi connectivity index (χ0v) is 18.0. The van der Waals surface area contributed by atoms with Crippen molar-refractivity contribution in [2.75, 3.05) is 18.4 Å². The first-order chi connectivity index (χ1) is 15.0. The lowest BCUT2D eigenvalue weighted by molar-refractivity contribution is 0.101. The Hall–Kier alpha value is -3.00. The summed E-state index contributed by atoms with van der Waals surface area (Å²) >= 11 is 0. The van der Waals surface area contributed by atoms with E-state index in [0.717, 1.165) is 50.6 Å². The van der Waals surface area contributed by atoms with Gasteiger partial charge in [0, 0.05) is 42.8 Å². The molecule has 0 radical (unpaired) electrons. The SMILES string of the molecule is CC(=O)c1c(C)c2cnc(NC3C=CC4=C(CCNC4)N3)nc2n(C2CCCC2)c1=O. The lowest BCUT2D eigenvalue weighted by Crippen LogP contribution is -2.41. The van der Waals surface area contributed by atoms with Gasteiger partial charge >= 0.3 is 0 Å². The number of carbonyl (C=O) groups is 1. The molecule has 1 fully saturated rings. The molecule has 1 atom stereocenters. The lowest BCUT2D eigenvalue weighted by Gasteiger charge is -2.29. The van der Waals surface area contributed by atoms with Crippen LogP contribution in [-0.4, -0.2) is 39.6 Å². The summed E-state index contributed by atoms with van der Waals surface area (Å²) < 4.78 is 1.75. The molecule has 2 aromatic rings. The van der Waals surface area contributed by atoms with Crippen LogP contribution in [0.4, 0.5) is 5.95 Å². The van der Waals surface area contributed by atoms with E-state index in [-0.39, 0.29) is 29.1 Å². The topological polar surface area (TPSA) is 101 Å². The Kier molecular flexibility index (Phi) is 5.09. The molecule has 2 aromatic heterocycles. The minimum atomic E-state index is -0.228. The Balaban J connectivity index is 1.54. The van der Waals surface area contributed by atoms with Gasteiger partial charge < -0.3 is 16.0 Å². The summed E-state index contributed by atoms with van der Waals surface area (Å²) in [6, 6.07) is 0.0756. The molecule has 8 nitrogen and oxygen atoms in total. The second-order valence-electron chi connectivity index (χ2n) is 8.66. The number of carbonyl (C=O) groups excluding carboxylic acids is 1. The lowest BCUT2D eigenvalue weighted by atomic mass is 10.0. The van der Waals surface area contributed by atoms with Gasteiger partial charge in [-0.25, -0.2) is 4.98 Å². The first-order valence-electron chi connectivity index (χ1n) is 11.1. The molecular weight excluding hydrogens is 392 g/mol. The molecule has 5 rings (SSSR count). The number of hydrogen-bond acceptors (Lipinski definition) is 7. The van der Waals surface area contributed by atoms with Crippen molar-refractivity contribution in [1.29, 1.82) is 0 Å². The molecule has 0 aromatic carbocycles. The molecular formula is C23H28N6O2. The Morgan fingerprint density at radius 1 is 1.29 bits per heavy atom. The van der Waals surface area contributed by atoms with Crippen molar-refractivity contribution in [3.8, 4) is 0 Å². The van der Waals surface area contributed by atoms with E-state index in [4.69, 9.17) is 4.98 Å². The van der Waals surface area contributed by atoms with Crippen molar-refractivity contribution < 1.29 is 4.79 Å². The van der Waals surface area contributed by atoms with Crippen molar-refractivity contribution in [3.63, 3.8) is 0 Å². The van der Waals surface area contributed by atoms with Gasteiger partial charge in [-0.05, 0) is 43.9 Å². The number of anilines is 1. The van der Waals surface area contributed by atoms with Crippen LogP contribution >= 0.6 is 0 Å². The van der Waals surface area contributed by atoms with Crippen LogP contribution in [0.2, 0.25) is 0 Å². The summed E-state index contributed by atoms with van der Waals surface area (Å²) in [5.74, 6) is 0.259. The number of pyridine rings is 1. The molecule has 0 bridgehead atoms. The number of nitrogens with zero attached hydrogens (tertiary/aromatic N) is 3. The van der Waals surface area contributed by atoms with E-state index in [1.165, 1.54) is 18.2 Å². The second-order valence-corrected chi connectivity index (χ2v) is 8.66. The molecule has 0 saturated heterocycles. The van der Waals surface area contributed by atoms with E-state index >= 15 is 0 Å². The minimum Gasteiger partial charge on any atom is -0.365 e. The van der Waals surface area contributed by atoms with E-state index in [0.29, 0.717) is 17.2 Å². The van der Waals surface area contributed by atoms with Crippen molar-refractivity contribution in [1.82, 2.24) is 25.2 Å². The van der Waals surface area contributed by atoms with Crippen molar-refractivity contribution in [2.24, 2.45) is 0 Å². The first kappa shape index (κ1) is 19.9. The third kappa shape index (κ3) is 3.54. The molecule has 0 amide bonds. The number of fused-ring (bicyclic) bond motifs is 1. The maximum absolute atomic E-state index is 13.3. The van der Waals surface area contributed by atoms with Gasteiger partial charge in [0.15, 0.2) is 5.78 Å². The normalized spacial score (nSPS) is 21.3. The highest BCUT2D eigenvalue weighted by Gasteiger charge is 2.26. The molecule has 0 spiro atoms. The van der Waals surface area contributed by atoms with Gasteiger partial charge in [-0.3, -0.25) is 14.2 Å². The van der Waals surface area contributed by atoms with Crippen molar-refractivity contribution in [2.45, 2.75) is 58.2 Å². The van der Waals surface area contributed by atoms with E-state index in [2.05, 4.69) is 33.1 Å². The number of rotatable bonds is 4. The number of hydrogen-bond donors (Lipinski definition) is 3. The first-order valence-corrected chi connectivity index (χ1v) is 11.1. The van der Waals surface area contributed by atoms with Gasteiger partial charge in [-0.1, -0.05) is 18.9 Å². The molecule has 3 aliphatic rings. The average molecular weight is 421 g/mol. The third-order valence-corrected chi connectivity index (χ3v) is 6.61. The molecule has 162 valence electrons. The number of Topliss-reactive ketones (excluding diaryl/α,β-unsaturated/α-hetero) is 1. The quantitative estimate of drug-likeness (QED) is 0.654. The summed E-state index contributed by atoms with van der Waals surface area (Å²) in [6.45, 7) is 5.11. The highest BCUT2D eigenvalue weighted by molar-refractivity contribution is 5.99. The van der Waals surface area contributed by atoms with E-state index in [1.807, 2.05) is 6.92 Å². The highest BCUT2D eigenvalue weighted by atomic mass is 16.1. The van der Waals surface area contributed by atoms with Crippen molar-refractivity contribution in [3.05, 3.63) is 51.1 Å². The minimum absolute atomic E-state index is 0.0756. The van der Waals surface area contributed by atoms with Gasteiger partial charge in [-0.2, -0.15) is 4.98 Å². The number of dihydropyridines is 1. The monoisotopic (exact) mass is 420 g/mol. The van der Waals surface area contributed by atoms with Crippen LogP contribution < -0.4 is 21.5 Å². The van der Waals surface area contributed by atoms with Gasteiger partial charge in [0.25, 0.3) is 5.56 Å². The van der Waals surface area contributed by atoms with E-state index < -0.39 is 0 Å². The maximum Gasteiger partial charge on any atom is 0.263 e. The Morgan fingerprint density at radius 3 is 2.87 bits per heavy atom. The van der Waals surface area contributed by atoms with Gasteiger partial charge in [0.05, 0.1) is 5.56 Å².